The second-order valence-electron chi connectivity index (χ2n) is 4.89. The van der Waals surface area contributed by atoms with Crippen molar-refractivity contribution in [1.29, 1.82) is 5.26 Å². The molecule has 1 heterocycles. The number of rotatable bonds is 4. The molecule has 3 aromatic rings. The Balaban J connectivity index is 1.87. The summed E-state index contributed by atoms with van der Waals surface area (Å²) in [5.74, 6) is -0.280. The quantitative estimate of drug-likeness (QED) is 0.659. The van der Waals surface area contributed by atoms with Crippen molar-refractivity contribution in [3.63, 3.8) is 0 Å². The predicted molar refractivity (Wildman–Crippen MR) is 88.1 cm³/mol. The Hall–Kier alpha value is -2.70. The van der Waals surface area contributed by atoms with Gasteiger partial charge in [0.1, 0.15) is 5.92 Å². The summed E-state index contributed by atoms with van der Waals surface area (Å²) in [6.45, 7) is 0. The molecule has 0 N–H and O–H groups in total. The lowest BCUT2D eigenvalue weighted by Gasteiger charge is -2.08. The molecular weight excluding hydrogens is 290 g/mol. The van der Waals surface area contributed by atoms with E-state index < -0.39 is 0 Å². The Bertz CT molecular complexity index is 799. The van der Waals surface area contributed by atoms with Crippen LogP contribution in [0.25, 0.3) is 0 Å². The molecule has 22 heavy (non-hydrogen) atoms. The lowest BCUT2D eigenvalue weighted by Crippen LogP contribution is -2.02. The molecule has 0 bridgehead atoms. The molecule has 0 amide bonds. The largest absolute Gasteiger partial charge is 0.289 e. The molecule has 3 heteroatoms. The highest BCUT2D eigenvalue weighted by molar-refractivity contribution is 7.10. The van der Waals surface area contributed by atoms with Crippen molar-refractivity contribution in [2.75, 3.05) is 0 Å². The van der Waals surface area contributed by atoms with Gasteiger partial charge in [0.25, 0.3) is 0 Å². The van der Waals surface area contributed by atoms with Crippen molar-refractivity contribution < 1.29 is 4.79 Å². The maximum absolute atomic E-state index is 12.4. The summed E-state index contributed by atoms with van der Waals surface area (Å²) >= 11 is 1.57. The highest BCUT2D eigenvalue weighted by Gasteiger charge is 2.15. The van der Waals surface area contributed by atoms with E-state index in [0.29, 0.717) is 11.1 Å². The normalized spacial score (nSPS) is 11.6. The molecule has 0 aliphatic rings. The van der Waals surface area contributed by atoms with Gasteiger partial charge in [0, 0.05) is 16.0 Å². The topological polar surface area (TPSA) is 40.9 Å². The van der Waals surface area contributed by atoms with E-state index in [1.807, 2.05) is 47.8 Å². The third-order valence-corrected chi connectivity index (χ3v) is 4.44. The van der Waals surface area contributed by atoms with E-state index in [4.69, 9.17) is 0 Å². The van der Waals surface area contributed by atoms with Gasteiger partial charge in [0.2, 0.25) is 0 Å². The molecule has 0 aliphatic carbocycles. The van der Waals surface area contributed by atoms with Crippen LogP contribution in [-0.2, 0) is 0 Å². The van der Waals surface area contributed by atoms with Gasteiger partial charge in [0.05, 0.1) is 6.07 Å². The van der Waals surface area contributed by atoms with E-state index in [-0.39, 0.29) is 11.7 Å². The van der Waals surface area contributed by atoms with Crippen molar-refractivity contribution in [1.82, 2.24) is 0 Å². The molecule has 0 unspecified atom stereocenters. The highest BCUT2D eigenvalue weighted by Crippen LogP contribution is 2.28. The number of hydrogen-bond donors (Lipinski definition) is 0. The first-order valence-electron chi connectivity index (χ1n) is 6.92. The number of nitrogens with zero attached hydrogens (tertiary/aromatic N) is 1. The lowest BCUT2D eigenvalue weighted by molar-refractivity contribution is 0.103. The molecule has 0 saturated carbocycles. The first-order valence-corrected chi connectivity index (χ1v) is 7.80. The smallest absolute Gasteiger partial charge is 0.193 e. The van der Waals surface area contributed by atoms with Gasteiger partial charge in [-0.15, -0.1) is 11.3 Å². The van der Waals surface area contributed by atoms with Crippen LogP contribution in [0, 0.1) is 11.3 Å². The van der Waals surface area contributed by atoms with E-state index in [1.165, 1.54) is 0 Å². The minimum absolute atomic E-state index is 0.00298. The van der Waals surface area contributed by atoms with E-state index in [9.17, 15) is 10.1 Å². The standard InChI is InChI=1S/C19H13NOS/c20-13-17(18-7-4-12-22-18)14-8-10-16(11-9-14)19(21)15-5-2-1-3-6-15/h1-12,17H/t17-/m0/s1. The Labute approximate surface area is 133 Å². The molecule has 3 rings (SSSR count). The molecule has 0 fully saturated rings. The summed E-state index contributed by atoms with van der Waals surface area (Å²) in [6.07, 6.45) is 0. The molecule has 0 spiro atoms. The summed E-state index contributed by atoms with van der Waals surface area (Å²) in [6, 6.07) is 22.7. The van der Waals surface area contributed by atoms with Gasteiger partial charge in [-0.2, -0.15) is 5.26 Å². The van der Waals surface area contributed by atoms with E-state index in [2.05, 4.69) is 6.07 Å². The van der Waals surface area contributed by atoms with Crippen LogP contribution in [0.3, 0.4) is 0 Å². The van der Waals surface area contributed by atoms with Crippen molar-refractivity contribution in [2.24, 2.45) is 0 Å². The number of nitriles is 1. The third-order valence-electron chi connectivity index (χ3n) is 3.50. The molecular formula is C19H13NOS. The van der Waals surface area contributed by atoms with Gasteiger partial charge < -0.3 is 0 Å². The maximum Gasteiger partial charge on any atom is 0.193 e. The summed E-state index contributed by atoms with van der Waals surface area (Å²) < 4.78 is 0. The van der Waals surface area contributed by atoms with E-state index >= 15 is 0 Å². The molecule has 0 saturated heterocycles. The maximum atomic E-state index is 12.4. The molecule has 2 aromatic carbocycles. The van der Waals surface area contributed by atoms with Crippen LogP contribution in [0.4, 0.5) is 0 Å². The van der Waals surface area contributed by atoms with Crippen molar-refractivity contribution in [3.05, 3.63) is 93.7 Å². The summed E-state index contributed by atoms with van der Waals surface area (Å²) in [4.78, 5) is 13.4. The van der Waals surface area contributed by atoms with Gasteiger partial charge in [-0.3, -0.25) is 4.79 Å². The Morgan fingerprint density at radius 1 is 0.909 bits per heavy atom. The van der Waals surface area contributed by atoms with E-state index in [0.717, 1.165) is 10.4 Å². The highest BCUT2D eigenvalue weighted by atomic mass is 32.1. The van der Waals surface area contributed by atoms with Gasteiger partial charge >= 0.3 is 0 Å². The zero-order chi connectivity index (χ0) is 15.4. The Morgan fingerprint density at radius 2 is 1.59 bits per heavy atom. The molecule has 1 aromatic heterocycles. The zero-order valence-corrected chi connectivity index (χ0v) is 12.6. The van der Waals surface area contributed by atoms with Crippen LogP contribution in [0.1, 0.15) is 32.3 Å². The molecule has 1 atom stereocenters. The average molecular weight is 303 g/mol. The van der Waals surface area contributed by atoms with Crippen LogP contribution in [0.2, 0.25) is 0 Å². The van der Waals surface area contributed by atoms with Crippen molar-refractivity contribution in [2.45, 2.75) is 5.92 Å². The van der Waals surface area contributed by atoms with Gasteiger partial charge in [-0.05, 0) is 17.0 Å². The summed E-state index contributed by atoms with van der Waals surface area (Å²) in [7, 11) is 0. The third kappa shape index (κ3) is 2.83. The predicted octanol–water partition coefficient (Wildman–Crippen LogP) is 4.63. The van der Waals surface area contributed by atoms with Crippen LogP contribution in [0.5, 0.6) is 0 Å². The number of ketones is 1. The van der Waals surface area contributed by atoms with E-state index in [1.54, 1.807) is 35.6 Å². The summed E-state index contributed by atoms with van der Waals surface area (Å²) in [5, 5.41) is 11.4. The molecule has 0 radical (unpaired) electrons. The number of carbonyl (C=O) groups excluding carboxylic acids is 1. The fraction of sp³-hybridized carbons (Fsp3) is 0.0526. The molecule has 2 nitrogen and oxygen atoms in total. The van der Waals surface area contributed by atoms with Crippen molar-refractivity contribution in [3.8, 4) is 6.07 Å². The van der Waals surface area contributed by atoms with Gasteiger partial charge in [-0.1, -0.05) is 60.7 Å². The zero-order valence-electron chi connectivity index (χ0n) is 11.8. The van der Waals surface area contributed by atoms with Crippen LogP contribution in [0.15, 0.2) is 72.1 Å². The molecule has 106 valence electrons. The second kappa shape index (κ2) is 6.38. The summed E-state index contributed by atoms with van der Waals surface area (Å²) in [5.41, 5.74) is 2.22. The lowest BCUT2D eigenvalue weighted by atomic mass is 9.96. The SMILES string of the molecule is N#C[C@@H](c1ccc(C(=O)c2ccccc2)cc1)c1cccs1. The fourth-order valence-corrected chi connectivity index (χ4v) is 3.14. The number of carbonyl (C=O) groups is 1. The van der Waals surface area contributed by atoms with Crippen LogP contribution >= 0.6 is 11.3 Å². The second-order valence-corrected chi connectivity index (χ2v) is 5.87. The first-order chi connectivity index (χ1) is 10.8. The average Bonchev–Trinajstić information content (AvgIpc) is 3.11. The molecule has 0 aliphatic heterocycles. The van der Waals surface area contributed by atoms with Gasteiger partial charge in [-0.25, -0.2) is 0 Å². The Morgan fingerprint density at radius 3 is 2.18 bits per heavy atom. The van der Waals surface area contributed by atoms with Crippen molar-refractivity contribution >= 4 is 17.1 Å². The van der Waals surface area contributed by atoms with Gasteiger partial charge in [0.15, 0.2) is 5.78 Å². The first kappa shape index (κ1) is 14.2. The number of thiophene rings is 1. The van der Waals surface area contributed by atoms with Crippen LogP contribution < -0.4 is 0 Å². The number of benzene rings is 2. The van der Waals surface area contributed by atoms with Crippen LogP contribution in [-0.4, -0.2) is 5.78 Å². The minimum atomic E-state index is -0.277. The number of hydrogen-bond acceptors (Lipinski definition) is 3. The monoisotopic (exact) mass is 303 g/mol. The fourth-order valence-electron chi connectivity index (χ4n) is 2.34. The Kier molecular flexibility index (Phi) is 4.13. The minimum Gasteiger partial charge on any atom is -0.289 e.